The number of anilines is 1. The number of hydrogen-bond donors (Lipinski definition) is 1. The van der Waals surface area contributed by atoms with Gasteiger partial charge in [-0.1, -0.05) is 0 Å². The van der Waals surface area contributed by atoms with Crippen molar-refractivity contribution in [2.75, 3.05) is 31.1 Å². The molecular formula is C14H19N5. The summed E-state index contributed by atoms with van der Waals surface area (Å²) in [6.45, 7) is 6.27. The minimum atomic E-state index is 1.01. The van der Waals surface area contributed by atoms with Crippen LogP contribution in [0.1, 0.15) is 23.4 Å². The van der Waals surface area contributed by atoms with Crippen LogP contribution in [0.3, 0.4) is 0 Å². The average Bonchev–Trinajstić information content (AvgIpc) is 3.01. The van der Waals surface area contributed by atoms with Crippen LogP contribution < -0.4 is 10.2 Å². The zero-order chi connectivity index (χ0) is 12.8. The lowest BCUT2D eigenvalue weighted by atomic mass is 10.2. The molecule has 0 bridgehead atoms. The van der Waals surface area contributed by atoms with Gasteiger partial charge in [0, 0.05) is 43.5 Å². The van der Waals surface area contributed by atoms with E-state index in [0.717, 1.165) is 50.4 Å². The van der Waals surface area contributed by atoms with Crippen molar-refractivity contribution in [2.24, 2.45) is 0 Å². The molecule has 1 saturated heterocycles. The fraction of sp³-hybridized carbons (Fsp3) is 0.571. The minimum absolute atomic E-state index is 1.01. The predicted molar refractivity (Wildman–Crippen MR) is 74.8 cm³/mol. The quantitative estimate of drug-likeness (QED) is 0.826. The number of nitrogens with zero attached hydrogens (tertiary/aromatic N) is 4. The molecule has 3 heterocycles. The SMILES string of the molecule is Cc1cc2nc3c(c(N4CCNCC4)n2n1)CCC3. The summed E-state index contributed by atoms with van der Waals surface area (Å²) in [5.41, 5.74) is 4.78. The predicted octanol–water partition coefficient (Wildman–Crippen LogP) is 0.936. The van der Waals surface area contributed by atoms with E-state index in [4.69, 9.17) is 4.98 Å². The Morgan fingerprint density at radius 3 is 2.89 bits per heavy atom. The normalized spacial score (nSPS) is 19.1. The molecule has 1 fully saturated rings. The molecule has 0 saturated carbocycles. The molecule has 100 valence electrons. The van der Waals surface area contributed by atoms with E-state index in [0.29, 0.717) is 0 Å². The Hall–Kier alpha value is -1.62. The largest absolute Gasteiger partial charge is 0.354 e. The van der Waals surface area contributed by atoms with E-state index in [1.807, 2.05) is 6.92 Å². The number of fused-ring (bicyclic) bond motifs is 2. The average molecular weight is 257 g/mol. The van der Waals surface area contributed by atoms with Crippen molar-refractivity contribution >= 4 is 11.5 Å². The van der Waals surface area contributed by atoms with Crippen molar-refractivity contribution in [1.82, 2.24) is 19.9 Å². The molecule has 0 amide bonds. The Labute approximate surface area is 112 Å². The maximum atomic E-state index is 4.79. The summed E-state index contributed by atoms with van der Waals surface area (Å²) >= 11 is 0. The highest BCUT2D eigenvalue weighted by molar-refractivity contribution is 5.59. The molecule has 4 rings (SSSR count). The van der Waals surface area contributed by atoms with Crippen LogP contribution in [0.4, 0.5) is 5.82 Å². The van der Waals surface area contributed by atoms with Crippen LogP contribution in [0.15, 0.2) is 6.07 Å². The molecule has 5 nitrogen and oxygen atoms in total. The number of aryl methyl sites for hydroxylation is 2. The third kappa shape index (κ3) is 1.72. The number of piperazine rings is 1. The van der Waals surface area contributed by atoms with Crippen LogP contribution in [-0.4, -0.2) is 40.8 Å². The first-order chi connectivity index (χ1) is 9.33. The standard InChI is InChI=1S/C14H19N5/c1-10-9-13-16-12-4-2-3-11(12)14(19(13)17-10)18-7-5-15-6-8-18/h9,15H,2-8H2,1H3. The fourth-order valence-corrected chi connectivity index (χ4v) is 3.28. The lowest BCUT2D eigenvalue weighted by Crippen LogP contribution is -2.44. The first-order valence-corrected chi connectivity index (χ1v) is 7.17. The molecule has 0 aromatic carbocycles. The first kappa shape index (κ1) is 11.2. The Morgan fingerprint density at radius 2 is 2.05 bits per heavy atom. The maximum Gasteiger partial charge on any atom is 0.157 e. The zero-order valence-electron chi connectivity index (χ0n) is 11.3. The molecule has 1 N–H and O–H groups in total. The van der Waals surface area contributed by atoms with Crippen molar-refractivity contribution < 1.29 is 0 Å². The maximum absolute atomic E-state index is 4.79. The number of aromatic nitrogens is 3. The van der Waals surface area contributed by atoms with Gasteiger partial charge in [0.05, 0.1) is 5.69 Å². The number of hydrogen-bond acceptors (Lipinski definition) is 4. The molecule has 0 radical (unpaired) electrons. The lowest BCUT2D eigenvalue weighted by molar-refractivity contribution is 0.577. The molecule has 19 heavy (non-hydrogen) atoms. The second-order valence-corrected chi connectivity index (χ2v) is 5.51. The second kappa shape index (κ2) is 4.20. The Balaban J connectivity index is 1.94. The summed E-state index contributed by atoms with van der Waals surface area (Å²) in [5.74, 6) is 1.30. The van der Waals surface area contributed by atoms with Crippen LogP contribution in [-0.2, 0) is 12.8 Å². The van der Waals surface area contributed by atoms with Gasteiger partial charge in [-0.05, 0) is 26.2 Å². The highest BCUT2D eigenvalue weighted by Crippen LogP contribution is 2.31. The van der Waals surface area contributed by atoms with Gasteiger partial charge < -0.3 is 10.2 Å². The molecule has 2 aromatic heterocycles. The van der Waals surface area contributed by atoms with Crippen LogP contribution in [0.25, 0.3) is 5.65 Å². The first-order valence-electron chi connectivity index (χ1n) is 7.17. The van der Waals surface area contributed by atoms with E-state index in [9.17, 15) is 0 Å². The van der Waals surface area contributed by atoms with Crippen LogP contribution in [0.2, 0.25) is 0 Å². The van der Waals surface area contributed by atoms with Gasteiger partial charge in [-0.25, -0.2) is 4.98 Å². The molecular weight excluding hydrogens is 238 g/mol. The van der Waals surface area contributed by atoms with Crippen molar-refractivity contribution in [3.8, 4) is 0 Å². The molecule has 2 aliphatic rings. The van der Waals surface area contributed by atoms with Gasteiger partial charge in [0.2, 0.25) is 0 Å². The highest BCUT2D eigenvalue weighted by Gasteiger charge is 2.25. The van der Waals surface area contributed by atoms with Crippen molar-refractivity contribution in [3.05, 3.63) is 23.0 Å². The molecule has 5 heteroatoms. The summed E-state index contributed by atoms with van der Waals surface area (Å²) in [5, 5.41) is 8.08. The van der Waals surface area contributed by atoms with E-state index in [-0.39, 0.29) is 0 Å². The summed E-state index contributed by atoms with van der Waals surface area (Å²) in [4.78, 5) is 7.26. The van der Waals surface area contributed by atoms with Gasteiger partial charge in [-0.3, -0.25) is 0 Å². The third-order valence-electron chi connectivity index (χ3n) is 4.14. The number of rotatable bonds is 1. The Kier molecular flexibility index (Phi) is 2.48. The van der Waals surface area contributed by atoms with E-state index < -0.39 is 0 Å². The van der Waals surface area contributed by atoms with Crippen molar-refractivity contribution in [3.63, 3.8) is 0 Å². The smallest absolute Gasteiger partial charge is 0.157 e. The van der Waals surface area contributed by atoms with Gasteiger partial charge in [-0.15, -0.1) is 0 Å². The van der Waals surface area contributed by atoms with Crippen LogP contribution in [0.5, 0.6) is 0 Å². The summed E-state index contributed by atoms with van der Waals surface area (Å²) in [6.07, 6.45) is 3.50. The van der Waals surface area contributed by atoms with E-state index in [2.05, 4.69) is 25.9 Å². The fourth-order valence-electron chi connectivity index (χ4n) is 3.28. The van der Waals surface area contributed by atoms with E-state index in [1.165, 1.54) is 23.5 Å². The third-order valence-corrected chi connectivity index (χ3v) is 4.14. The van der Waals surface area contributed by atoms with Gasteiger partial charge in [0.15, 0.2) is 5.65 Å². The molecule has 1 aliphatic carbocycles. The van der Waals surface area contributed by atoms with Gasteiger partial charge in [0.25, 0.3) is 0 Å². The van der Waals surface area contributed by atoms with Crippen LogP contribution in [0, 0.1) is 6.92 Å². The molecule has 0 atom stereocenters. The lowest BCUT2D eigenvalue weighted by Gasteiger charge is -2.31. The van der Waals surface area contributed by atoms with Crippen LogP contribution >= 0.6 is 0 Å². The molecule has 0 spiro atoms. The highest BCUT2D eigenvalue weighted by atomic mass is 15.4. The topological polar surface area (TPSA) is 45.5 Å². The Bertz CT molecular complexity index is 624. The summed E-state index contributed by atoms with van der Waals surface area (Å²) in [6, 6.07) is 2.09. The number of nitrogens with one attached hydrogen (secondary N) is 1. The van der Waals surface area contributed by atoms with Crippen molar-refractivity contribution in [2.45, 2.75) is 26.2 Å². The zero-order valence-corrected chi connectivity index (χ0v) is 11.3. The molecule has 0 unspecified atom stereocenters. The summed E-state index contributed by atoms with van der Waals surface area (Å²) < 4.78 is 2.06. The van der Waals surface area contributed by atoms with Gasteiger partial charge in [-0.2, -0.15) is 9.61 Å². The van der Waals surface area contributed by atoms with Gasteiger partial charge >= 0.3 is 0 Å². The van der Waals surface area contributed by atoms with E-state index in [1.54, 1.807) is 0 Å². The van der Waals surface area contributed by atoms with E-state index >= 15 is 0 Å². The Morgan fingerprint density at radius 1 is 1.21 bits per heavy atom. The monoisotopic (exact) mass is 257 g/mol. The molecule has 2 aromatic rings. The van der Waals surface area contributed by atoms with Crippen molar-refractivity contribution in [1.29, 1.82) is 0 Å². The summed E-state index contributed by atoms with van der Waals surface area (Å²) in [7, 11) is 0. The second-order valence-electron chi connectivity index (χ2n) is 5.51. The minimum Gasteiger partial charge on any atom is -0.354 e. The molecule has 1 aliphatic heterocycles. The van der Waals surface area contributed by atoms with Gasteiger partial charge in [0.1, 0.15) is 5.82 Å².